The number of hydrogen-bond acceptors (Lipinski definition) is 2. The van der Waals surface area contributed by atoms with Crippen molar-refractivity contribution in [2.45, 2.75) is 12.5 Å². The van der Waals surface area contributed by atoms with E-state index in [0.29, 0.717) is 23.5 Å². The first-order valence-corrected chi connectivity index (χ1v) is 6.41. The van der Waals surface area contributed by atoms with Gasteiger partial charge in [-0.1, -0.05) is 29.8 Å². The molecule has 2 nitrogen and oxygen atoms in total. The summed E-state index contributed by atoms with van der Waals surface area (Å²) in [7, 11) is 0. The summed E-state index contributed by atoms with van der Waals surface area (Å²) < 4.78 is 18.9. The third kappa shape index (κ3) is 2.31. The van der Waals surface area contributed by atoms with Crippen molar-refractivity contribution in [1.82, 2.24) is 0 Å². The predicted molar refractivity (Wildman–Crippen MR) is 71.1 cm³/mol. The van der Waals surface area contributed by atoms with Gasteiger partial charge in [0.2, 0.25) is 0 Å². The first-order valence-electron chi connectivity index (χ1n) is 6.04. The van der Waals surface area contributed by atoms with Crippen LogP contribution in [0.5, 0.6) is 5.75 Å². The Morgan fingerprint density at radius 3 is 2.89 bits per heavy atom. The molecule has 98 valence electrons. The number of ether oxygens (including phenoxy) is 1. The Balaban J connectivity index is 2.04. The molecule has 0 saturated heterocycles. The third-order valence-electron chi connectivity index (χ3n) is 3.24. The molecule has 0 saturated carbocycles. The van der Waals surface area contributed by atoms with Crippen molar-refractivity contribution < 1.29 is 14.2 Å². The summed E-state index contributed by atoms with van der Waals surface area (Å²) in [5.74, 6) is 0.241. The predicted octanol–water partition coefficient (Wildman–Crippen LogP) is 3.50. The van der Waals surface area contributed by atoms with Gasteiger partial charge in [0.1, 0.15) is 17.7 Å². The molecule has 4 heteroatoms. The Bertz CT molecular complexity index is 607. The molecule has 0 fully saturated rings. The van der Waals surface area contributed by atoms with Crippen LogP contribution in [-0.4, -0.2) is 11.7 Å². The fraction of sp³-hybridized carbons (Fsp3) is 0.200. The van der Waals surface area contributed by atoms with Gasteiger partial charge in [0.05, 0.1) is 6.61 Å². The molecular formula is C15H12ClFO2. The minimum atomic E-state index is -0.943. The van der Waals surface area contributed by atoms with Crippen molar-refractivity contribution in [3.05, 3.63) is 63.9 Å². The van der Waals surface area contributed by atoms with E-state index in [2.05, 4.69) is 0 Å². The summed E-state index contributed by atoms with van der Waals surface area (Å²) in [5, 5.41) is 10.7. The number of fused-ring (bicyclic) bond motifs is 1. The fourth-order valence-electron chi connectivity index (χ4n) is 2.37. The fourth-order valence-corrected chi connectivity index (χ4v) is 2.60. The lowest BCUT2D eigenvalue weighted by atomic mass is 9.98. The van der Waals surface area contributed by atoms with Crippen molar-refractivity contribution >= 4 is 11.6 Å². The molecule has 0 aromatic heterocycles. The number of halogens is 2. The number of rotatable bonds is 2. The van der Waals surface area contributed by atoms with E-state index < -0.39 is 11.9 Å². The van der Waals surface area contributed by atoms with Crippen LogP contribution in [0.4, 0.5) is 4.39 Å². The molecule has 2 aromatic carbocycles. The summed E-state index contributed by atoms with van der Waals surface area (Å²) >= 11 is 5.82. The van der Waals surface area contributed by atoms with Crippen molar-refractivity contribution in [1.29, 1.82) is 0 Å². The van der Waals surface area contributed by atoms with Crippen LogP contribution in [0.3, 0.4) is 0 Å². The van der Waals surface area contributed by atoms with Crippen molar-refractivity contribution in [3.63, 3.8) is 0 Å². The molecule has 2 aromatic rings. The van der Waals surface area contributed by atoms with Crippen LogP contribution in [0.25, 0.3) is 0 Å². The molecule has 0 radical (unpaired) electrons. The van der Waals surface area contributed by atoms with Crippen LogP contribution in [0, 0.1) is 5.82 Å². The smallest absolute Gasteiger partial charge is 0.128 e. The van der Waals surface area contributed by atoms with E-state index >= 15 is 0 Å². The van der Waals surface area contributed by atoms with E-state index in [-0.39, 0.29) is 5.02 Å². The van der Waals surface area contributed by atoms with Gasteiger partial charge in [0.15, 0.2) is 0 Å². The first-order chi connectivity index (χ1) is 9.15. The Hall–Kier alpha value is -1.58. The maximum Gasteiger partial charge on any atom is 0.128 e. The summed E-state index contributed by atoms with van der Waals surface area (Å²) in [6.45, 7) is 0.614. The number of aliphatic hydroxyl groups excluding tert-OH is 1. The van der Waals surface area contributed by atoms with Gasteiger partial charge in [-0.15, -0.1) is 0 Å². The van der Waals surface area contributed by atoms with E-state index in [1.807, 2.05) is 12.1 Å². The lowest BCUT2D eigenvalue weighted by Gasteiger charge is -2.15. The molecule has 1 atom stereocenters. The SMILES string of the molecule is OC(c1cc(F)cc(Cl)c1)c1cccc2c1OCC2. The zero-order valence-electron chi connectivity index (χ0n) is 10.1. The van der Waals surface area contributed by atoms with Crippen molar-refractivity contribution in [3.8, 4) is 5.75 Å². The topological polar surface area (TPSA) is 29.5 Å². The van der Waals surface area contributed by atoms with Crippen LogP contribution in [-0.2, 0) is 6.42 Å². The summed E-state index contributed by atoms with van der Waals surface area (Å²) in [6, 6.07) is 9.68. The molecule has 1 unspecified atom stereocenters. The van der Waals surface area contributed by atoms with Gasteiger partial charge in [-0.05, 0) is 29.3 Å². The number of para-hydroxylation sites is 1. The molecular weight excluding hydrogens is 267 g/mol. The number of hydrogen-bond donors (Lipinski definition) is 1. The number of benzene rings is 2. The lowest BCUT2D eigenvalue weighted by Crippen LogP contribution is -2.02. The molecule has 19 heavy (non-hydrogen) atoms. The first kappa shape index (κ1) is 12.5. The highest BCUT2D eigenvalue weighted by Crippen LogP contribution is 2.36. The molecule has 0 amide bonds. The van der Waals surface area contributed by atoms with Crippen LogP contribution in [0.15, 0.2) is 36.4 Å². The highest BCUT2D eigenvalue weighted by Gasteiger charge is 2.22. The monoisotopic (exact) mass is 278 g/mol. The molecule has 0 bridgehead atoms. The minimum absolute atomic E-state index is 0.266. The van der Waals surface area contributed by atoms with Gasteiger partial charge in [-0.2, -0.15) is 0 Å². The van der Waals surface area contributed by atoms with Gasteiger partial charge >= 0.3 is 0 Å². The van der Waals surface area contributed by atoms with Gasteiger partial charge in [0, 0.05) is 17.0 Å². The Morgan fingerprint density at radius 2 is 2.11 bits per heavy atom. The average molecular weight is 279 g/mol. The van der Waals surface area contributed by atoms with Crippen LogP contribution in [0.2, 0.25) is 5.02 Å². The van der Waals surface area contributed by atoms with Crippen molar-refractivity contribution in [2.24, 2.45) is 0 Å². The maximum absolute atomic E-state index is 13.4. The second kappa shape index (κ2) is 4.83. The zero-order valence-corrected chi connectivity index (χ0v) is 10.8. The van der Waals surface area contributed by atoms with E-state index in [9.17, 15) is 9.50 Å². The standard InChI is InChI=1S/C15H12ClFO2/c16-11-6-10(7-12(17)8-11)14(18)13-3-1-2-9-4-5-19-15(9)13/h1-3,6-8,14,18H,4-5H2. The van der Waals surface area contributed by atoms with Crippen LogP contribution in [0.1, 0.15) is 22.8 Å². The second-order valence-corrected chi connectivity index (χ2v) is 4.98. The quantitative estimate of drug-likeness (QED) is 0.911. The normalized spacial score (nSPS) is 14.9. The maximum atomic E-state index is 13.4. The van der Waals surface area contributed by atoms with Crippen LogP contribution >= 0.6 is 11.6 Å². The molecule has 1 aliphatic rings. The number of aliphatic hydroxyl groups is 1. The Morgan fingerprint density at radius 1 is 1.26 bits per heavy atom. The molecule has 0 spiro atoms. The Kier molecular flexibility index (Phi) is 3.17. The lowest BCUT2D eigenvalue weighted by molar-refractivity contribution is 0.213. The highest BCUT2D eigenvalue weighted by atomic mass is 35.5. The van der Waals surface area contributed by atoms with E-state index in [1.165, 1.54) is 12.1 Å². The summed E-state index contributed by atoms with van der Waals surface area (Å²) in [5.41, 5.74) is 2.14. The van der Waals surface area contributed by atoms with Crippen molar-refractivity contribution in [2.75, 3.05) is 6.61 Å². The van der Waals surface area contributed by atoms with E-state index in [0.717, 1.165) is 12.0 Å². The van der Waals surface area contributed by atoms with Gasteiger partial charge in [-0.25, -0.2) is 4.39 Å². The minimum Gasteiger partial charge on any atom is -0.493 e. The molecule has 3 rings (SSSR count). The van der Waals surface area contributed by atoms with Gasteiger partial charge < -0.3 is 9.84 Å². The molecule has 0 aliphatic carbocycles. The van der Waals surface area contributed by atoms with Gasteiger partial charge in [-0.3, -0.25) is 0 Å². The Labute approximate surface area is 115 Å². The van der Waals surface area contributed by atoms with E-state index in [1.54, 1.807) is 12.1 Å². The summed E-state index contributed by atoms with van der Waals surface area (Å²) in [6.07, 6.45) is -0.110. The highest BCUT2D eigenvalue weighted by molar-refractivity contribution is 6.30. The molecule has 1 N–H and O–H groups in total. The average Bonchev–Trinajstić information content (AvgIpc) is 2.84. The zero-order chi connectivity index (χ0) is 13.4. The molecule has 1 heterocycles. The summed E-state index contributed by atoms with van der Waals surface area (Å²) in [4.78, 5) is 0. The molecule has 1 aliphatic heterocycles. The van der Waals surface area contributed by atoms with E-state index in [4.69, 9.17) is 16.3 Å². The second-order valence-electron chi connectivity index (χ2n) is 4.54. The van der Waals surface area contributed by atoms with Crippen LogP contribution < -0.4 is 4.74 Å². The van der Waals surface area contributed by atoms with Gasteiger partial charge in [0.25, 0.3) is 0 Å². The largest absolute Gasteiger partial charge is 0.493 e. The third-order valence-corrected chi connectivity index (χ3v) is 3.46.